The molecule has 1 amide bonds. The Kier molecular flexibility index (Phi) is 12.5. The summed E-state index contributed by atoms with van der Waals surface area (Å²) in [6.45, 7) is 8.21. The van der Waals surface area contributed by atoms with Gasteiger partial charge in [0.25, 0.3) is 0 Å². The molecule has 15 nitrogen and oxygen atoms in total. The van der Waals surface area contributed by atoms with E-state index in [-0.39, 0.29) is 6.61 Å². The smallest absolute Gasteiger partial charge is 0.408 e. The molecule has 208 valence electrons. The monoisotopic (exact) mass is 533 g/mol. The van der Waals surface area contributed by atoms with Crippen molar-refractivity contribution in [3.05, 3.63) is 12.7 Å². The second-order valence-corrected chi connectivity index (χ2v) is 7.76. The quantitative estimate of drug-likeness (QED) is 0.190. The molecule has 0 aromatic carbocycles. The number of rotatable bonds is 12. The molecule has 1 aliphatic heterocycles. The number of carboxylic acids is 1. The maximum atomic E-state index is 11.9. The summed E-state index contributed by atoms with van der Waals surface area (Å²) in [5.74, 6) is -4.76. The highest BCUT2D eigenvalue weighted by Crippen LogP contribution is 2.31. The van der Waals surface area contributed by atoms with Gasteiger partial charge in [-0.15, -0.1) is 0 Å². The first-order chi connectivity index (χ1) is 17.3. The molecule has 1 fully saturated rings. The van der Waals surface area contributed by atoms with Crippen LogP contribution in [0.15, 0.2) is 12.7 Å². The van der Waals surface area contributed by atoms with Gasteiger partial charge in [0, 0.05) is 27.7 Å². The molecule has 0 aromatic heterocycles. The number of aliphatic carboxylic acids is 1. The second-order valence-electron chi connectivity index (χ2n) is 7.76. The molecule has 0 aromatic rings. The largest absolute Gasteiger partial charge is 0.480 e. The van der Waals surface area contributed by atoms with E-state index in [2.05, 4.69) is 11.9 Å². The number of hydrogen-bond acceptors (Lipinski definition) is 13. The zero-order valence-corrected chi connectivity index (χ0v) is 21.0. The molecule has 1 saturated heterocycles. The van der Waals surface area contributed by atoms with Crippen molar-refractivity contribution in [3.8, 4) is 0 Å². The predicted octanol–water partition coefficient (Wildman–Crippen LogP) is -0.160. The van der Waals surface area contributed by atoms with Crippen molar-refractivity contribution in [2.45, 2.75) is 77.5 Å². The highest BCUT2D eigenvalue weighted by atomic mass is 16.7. The first-order valence-corrected chi connectivity index (χ1v) is 11.0. The molecular weight excluding hydrogens is 502 g/mol. The molecule has 1 rings (SSSR count). The van der Waals surface area contributed by atoms with E-state index in [1.165, 1.54) is 13.0 Å². The molecule has 7 atom stereocenters. The van der Waals surface area contributed by atoms with Crippen LogP contribution in [0.5, 0.6) is 0 Å². The van der Waals surface area contributed by atoms with Crippen LogP contribution < -0.4 is 5.32 Å². The Labute approximate surface area is 212 Å². The molecule has 0 radical (unpaired) electrons. The van der Waals surface area contributed by atoms with Gasteiger partial charge in [0.15, 0.2) is 30.6 Å². The third-order valence-electron chi connectivity index (χ3n) is 4.64. The maximum absolute atomic E-state index is 11.9. The number of esters is 4. The lowest BCUT2D eigenvalue weighted by Gasteiger charge is -2.44. The van der Waals surface area contributed by atoms with Crippen LogP contribution >= 0.6 is 0 Å². The van der Waals surface area contributed by atoms with Gasteiger partial charge < -0.3 is 43.6 Å². The van der Waals surface area contributed by atoms with E-state index in [1.807, 2.05) is 0 Å². The van der Waals surface area contributed by atoms with Crippen LogP contribution in [0.2, 0.25) is 0 Å². The fourth-order valence-corrected chi connectivity index (χ4v) is 3.27. The van der Waals surface area contributed by atoms with Crippen LogP contribution in [-0.4, -0.2) is 97.1 Å². The Bertz CT molecular complexity index is 873. The van der Waals surface area contributed by atoms with Crippen molar-refractivity contribution >= 4 is 35.9 Å². The van der Waals surface area contributed by atoms with Crippen molar-refractivity contribution in [2.24, 2.45) is 0 Å². The van der Waals surface area contributed by atoms with E-state index in [0.717, 1.165) is 27.7 Å². The van der Waals surface area contributed by atoms with Crippen LogP contribution in [-0.2, 0) is 57.1 Å². The predicted molar refractivity (Wildman–Crippen MR) is 119 cm³/mol. The van der Waals surface area contributed by atoms with Crippen LogP contribution in [0, 0.1) is 0 Å². The standard InChI is InChI=1S/C22H31NO14/c1-7-8-31-22(30)23-16(20(28)29)10(2)33-21-19(36-14(6)27)18(35-13(5)26)17(34-12(4)25)15(37-21)9-32-11(3)24/h7,10,15-19,21H,1,8-9H2,2-6H3,(H,23,30)(H,28,29)/t10-,15-,16+,17-,18+,19-,21-/m1/s1. The fourth-order valence-electron chi connectivity index (χ4n) is 3.27. The molecule has 0 aliphatic carbocycles. The van der Waals surface area contributed by atoms with Crippen molar-refractivity contribution in [1.29, 1.82) is 0 Å². The number of carbonyl (C=O) groups excluding carboxylic acids is 5. The van der Waals surface area contributed by atoms with Crippen LogP contribution in [0.4, 0.5) is 4.79 Å². The van der Waals surface area contributed by atoms with Gasteiger partial charge in [-0.25, -0.2) is 9.59 Å². The number of nitrogens with one attached hydrogen (secondary N) is 1. The van der Waals surface area contributed by atoms with E-state index in [4.69, 9.17) is 33.2 Å². The minimum absolute atomic E-state index is 0.187. The Hall–Kier alpha value is -3.72. The van der Waals surface area contributed by atoms with Crippen LogP contribution in [0.3, 0.4) is 0 Å². The third kappa shape index (κ3) is 10.4. The normalized spacial score (nSPS) is 24.4. The Morgan fingerprint density at radius 1 is 0.892 bits per heavy atom. The van der Waals surface area contributed by atoms with Crippen LogP contribution in [0.25, 0.3) is 0 Å². The number of amides is 1. The third-order valence-corrected chi connectivity index (χ3v) is 4.64. The summed E-state index contributed by atoms with van der Waals surface area (Å²) in [4.78, 5) is 70.6. The number of carboxylic acid groups (broad SMARTS) is 1. The number of alkyl carbamates (subject to hydrolysis) is 1. The average molecular weight is 533 g/mol. The molecule has 1 aliphatic rings. The van der Waals surface area contributed by atoms with E-state index in [9.17, 15) is 33.9 Å². The lowest BCUT2D eigenvalue weighted by atomic mass is 9.98. The van der Waals surface area contributed by atoms with Gasteiger partial charge in [-0.05, 0) is 6.92 Å². The average Bonchev–Trinajstić information content (AvgIpc) is 2.77. The van der Waals surface area contributed by atoms with Crippen molar-refractivity contribution in [2.75, 3.05) is 13.2 Å². The first kappa shape index (κ1) is 31.3. The van der Waals surface area contributed by atoms with E-state index in [0.29, 0.717) is 0 Å². The first-order valence-electron chi connectivity index (χ1n) is 11.0. The van der Waals surface area contributed by atoms with Crippen molar-refractivity contribution < 1.29 is 67.0 Å². The lowest BCUT2D eigenvalue weighted by Crippen LogP contribution is -2.64. The second kappa shape index (κ2) is 14.7. The maximum Gasteiger partial charge on any atom is 0.408 e. The fraction of sp³-hybridized carbons (Fsp3) is 0.636. The van der Waals surface area contributed by atoms with Gasteiger partial charge in [0.05, 0.1) is 6.10 Å². The summed E-state index contributed by atoms with van der Waals surface area (Å²) < 4.78 is 36.9. The molecule has 1 heterocycles. The van der Waals surface area contributed by atoms with Gasteiger partial charge in [0.1, 0.15) is 19.3 Å². The SMILES string of the molecule is C=CCOC(=O)N[C@H](C(=O)O)[C@@H](C)O[C@@H]1O[C@H](COC(C)=O)[C@@H](OC(C)=O)[C@H](OC(C)=O)[C@H]1OC(C)=O. The van der Waals surface area contributed by atoms with Crippen LogP contribution in [0.1, 0.15) is 34.6 Å². The van der Waals surface area contributed by atoms with Gasteiger partial charge in [-0.1, -0.05) is 12.7 Å². The molecule has 0 unspecified atom stereocenters. The van der Waals surface area contributed by atoms with E-state index >= 15 is 0 Å². The molecule has 0 spiro atoms. The van der Waals surface area contributed by atoms with Gasteiger partial charge >= 0.3 is 35.9 Å². The summed E-state index contributed by atoms with van der Waals surface area (Å²) in [5, 5.41) is 11.7. The zero-order valence-electron chi connectivity index (χ0n) is 21.0. The Morgan fingerprint density at radius 3 is 1.92 bits per heavy atom. The molecule has 15 heteroatoms. The lowest BCUT2D eigenvalue weighted by molar-refractivity contribution is -0.316. The summed E-state index contributed by atoms with van der Waals surface area (Å²) >= 11 is 0. The Balaban J connectivity index is 3.36. The minimum atomic E-state index is -1.68. The number of ether oxygens (including phenoxy) is 7. The molecular formula is C22H31NO14. The van der Waals surface area contributed by atoms with Gasteiger partial charge in [0.2, 0.25) is 0 Å². The van der Waals surface area contributed by atoms with E-state index in [1.54, 1.807) is 0 Å². The Morgan fingerprint density at radius 2 is 1.43 bits per heavy atom. The highest BCUT2D eigenvalue weighted by Gasteiger charge is 2.53. The van der Waals surface area contributed by atoms with E-state index < -0.39 is 85.4 Å². The summed E-state index contributed by atoms with van der Waals surface area (Å²) in [6, 6.07) is -1.68. The van der Waals surface area contributed by atoms with Gasteiger partial charge in [-0.2, -0.15) is 0 Å². The minimum Gasteiger partial charge on any atom is -0.480 e. The van der Waals surface area contributed by atoms with Crippen molar-refractivity contribution in [1.82, 2.24) is 5.32 Å². The topological polar surface area (TPSA) is 199 Å². The summed E-state index contributed by atoms with van der Waals surface area (Å²) in [7, 11) is 0. The summed E-state index contributed by atoms with van der Waals surface area (Å²) in [6.07, 6.45) is -8.58. The number of carbonyl (C=O) groups is 6. The van der Waals surface area contributed by atoms with Crippen molar-refractivity contribution in [3.63, 3.8) is 0 Å². The molecule has 37 heavy (non-hydrogen) atoms. The number of hydrogen-bond donors (Lipinski definition) is 2. The molecule has 0 saturated carbocycles. The molecule has 0 bridgehead atoms. The molecule has 2 N–H and O–H groups in total. The van der Waals surface area contributed by atoms with Gasteiger partial charge in [-0.3, -0.25) is 19.2 Å². The highest BCUT2D eigenvalue weighted by molar-refractivity contribution is 5.80. The summed E-state index contributed by atoms with van der Waals surface area (Å²) in [5.41, 5.74) is 0. The zero-order chi connectivity index (χ0) is 28.3.